The van der Waals surface area contributed by atoms with E-state index in [1.54, 1.807) is 44.2 Å². The van der Waals surface area contributed by atoms with E-state index < -0.39 is 27.8 Å². The van der Waals surface area contributed by atoms with E-state index in [1.807, 2.05) is 6.19 Å². The Morgan fingerprint density at radius 2 is 1.89 bits per heavy atom. The summed E-state index contributed by atoms with van der Waals surface area (Å²) in [7, 11) is -3.70. The Morgan fingerprint density at radius 1 is 1.20 bits per heavy atom. The predicted octanol–water partition coefficient (Wildman–Crippen LogP) is 3.63. The molecule has 0 spiro atoms. The molecule has 2 atom stereocenters. The first-order valence-corrected chi connectivity index (χ1v) is 13.2. The number of aliphatic hydroxyl groups excluding tert-OH is 1. The number of anilines is 1. The lowest BCUT2D eigenvalue weighted by atomic mass is 9.87. The number of benzene rings is 2. The fraction of sp³-hybridized carbons (Fsp3) is 0.417. The van der Waals surface area contributed by atoms with Crippen LogP contribution in [0.1, 0.15) is 44.7 Å². The molecule has 2 heterocycles. The van der Waals surface area contributed by atoms with Crippen LogP contribution in [-0.4, -0.2) is 48.6 Å². The Hall–Kier alpha value is -2.84. The molecule has 0 radical (unpaired) electrons. The minimum Gasteiger partial charge on any atom is -0.485 e. The molecular weight excluding hydrogens is 490 g/mol. The number of guanidine groups is 1. The number of hydrogen-bond acceptors (Lipinski definition) is 6. The molecule has 2 aromatic carbocycles. The number of fused-ring (bicyclic) bond motifs is 1. The van der Waals surface area contributed by atoms with Crippen LogP contribution < -0.4 is 15.4 Å². The van der Waals surface area contributed by atoms with Crippen molar-refractivity contribution in [2.24, 2.45) is 4.99 Å². The monoisotopic (exact) mass is 517 g/mol. The van der Waals surface area contributed by atoms with Gasteiger partial charge in [0.2, 0.25) is 16.0 Å². The van der Waals surface area contributed by atoms with Gasteiger partial charge in [-0.15, -0.1) is 0 Å². The Morgan fingerprint density at radius 3 is 2.54 bits per heavy atom. The number of nitriles is 1. The highest BCUT2D eigenvalue weighted by molar-refractivity contribution is 7.89. The van der Waals surface area contributed by atoms with E-state index in [2.05, 4.69) is 15.6 Å². The third-order valence-electron chi connectivity index (χ3n) is 6.19. The normalized spacial score (nSPS) is 22.4. The Bertz CT molecular complexity index is 1250. The first-order valence-electron chi connectivity index (χ1n) is 11.4. The molecule has 11 heteroatoms. The van der Waals surface area contributed by atoms with Crippen molar-refractivity contribution in [2.45, 2.75) is 55.8 Å². The van der Waals surface area contributed by atoms with E-state index in [-0.39, 0.29) is 10.9 Å². The van der Waals surface area contributed by atoms with Crippen LogP contribution in [0, 0.1) is 11.5 Å². The largest absolute Gasteiger partial charge is 0.485 e. The lowest BCUT2D eigenvalue weighted by Gasteiger charge is -2.41. The second-order valence-corrected chi connectivity index (χ2v) is 11.5. The van der Waals surface area contributed by atoms with Crippen LogP contribution in [0.3, 0.4) is 0 Å². The van der Waals surface area contributed by atoms with Crippen LogP contribution in [0.15, 0.2) is 52.4 Å². The fourth-order valence-electron chi connectivity index (χ4n) is 4.26. The Balaban J connectivity index is 1.75. The van der Waals surface area contributed by atoms with E-state index in [4.69, 9.17) is 16.3 Å². The summed E-state index contributed by atoms with van der Waals surface area (Å²) in [6.45, 7) is 4.42. The van der Waals surface area contributed by atoms with Crippen LogP contribution in [0.25, 0.3) is 0 Å². The van der Waals surface area contributed by atoms with Gasteiger partial charge in [0.1, 0.15) is 23.5 Å². The van der Waals surface area contributed by atoms with Crippen LogP contribution in [0.4, 0.5) is 5.69 Å². The zero-order valence-corrected chi connectivity index (χ0v) is 21.1. The van der Waals surface area contributed by atoms with Crippen molar-refractivity contribution in [3.63, 3.8) is 0 Å². The number of piperidine rings is 1. The van der Waals surface area contributed by atoms with Gasteiger partial charge in [-0.1, -0.05) is 18.0 Å². The van der Waals surface area contributed by atoms with Gasteiger partial charge in [-0.3, -0.25) is 5.32 Å². The molecule has 2 aromatic rings. The SMILES string of the molecule is CC1(C)Oc2ccc(S(=O)(=O)N3CCCCC3)cc2[C@@H](N=C(NC#N)Nc2ccc(Cl)cc2)[C@@H]1O. The number of hydrogen-bond donors (Lipinski definition) is 3. The van der Waals surface area contributed by atoms with Gasteiger partial charge in [-0.2, -0.15) is 9.57 Å². The average Bonchev–Trinajstić information content (AvgIpc) is 2.83. The topological polar surface area (TPSA) is 127 Å². The lowest BCUT2D eigenvalue weighted by molar-refractivity contribution is -0.0568. The van der Waals surface area contributed by atoms with Crippen molar-refractivity contribution >= 4 is 33.3 Å². The molecule has 0 unspecified atom stereocenters. The van der Waals surface area contributed by atoms with E-state index in [1.165, 1.54) is 16.4 Å². The quantitative estimate of drug-likeness (QED) is 0.244. The van der Waals surface area contributed by atoms with Gasteiger partial charge >= 0.3 is 0 Å². The number of rotatable bonds is 4. The van der Waals surface area contributed by atoms with Gasteiger partial charge in [0, 0.05) is 29.4 Å². The second-order valence-electron chi connectivity index (χ2n) is 9.11. The highest BCUT2D eigenvalue weighted by Gasteiger charge is 2.44. The highest BCUT2D eigenvalue weighted by Crippen LogP contribution is 2.43. The number of halogens is 1. The summed E-state index contributed by atoms with van der Waals surface area (Å²) in [5, 5.41) is 26.5. The minimum atomic E-state index is -3.70. The molecule has 2 aliphatic rings. The summed E-state index contributed by atoms with van der Waals surface area (Å²) >= 11 is 5.95. The van der Waals surface area contributed by atoms with Gasteiger partial charge in [0.25, 0.3) is 0 Å². The van der Waals surface area contributed by atoms with Gasteiger partial charge in [0.15, 0.2) is 6.19 Å². The summed E-state index contributed by atoms with van der Waals surface area (Å²) < 4.78 is 34.1. The summed E-state index contributed by atoms with van der Waals surface area (Å²) in [5.41, 5.74) is 0.0373. The molecular formula is C24H28ClN5O4S. The zero-order chi connectivity index (χ0) is 25.2. The number of aliphatic hydroxyl groups is 1. The van der Waals surface area contributed by atoms with Crippen LogP contribution in [0.2, 0.25) is 5.02 Å². The molecule has 35 heavy (non-hydrogen) atoms. The van der Waals surface area contributed by atoms with Crippen molar-refractivity contribution < 1.29 is 18.3 Å². The molecule has 186 valence electrons. The number of nitrogens with zero attached hydrogens (tertiary/aromatic N) is 3. The van der Waals surface area contributed by atoms with Crippen molar-refractivity contribution in [3.8, 4) is 11.9 Å². The minimum absolute atomic E-state index is 0.0896. The average molecular weight is 518 g/mol. The standard InChI is InChI=1S/C24H28ClN5O4S/c1-24(2)22(31)21(29-23(27-15-26)28-17-8-6-16(25)7-9-17)19-14-18(10-11-20(19)34-24)35(32,33)30-12-4-3-5-13-30/h6-11,14,21-22,31H,3-5,12-13H2,1-2H3,(H2,27,28,29)/t21-,22+/m1/s1. The van der Waals surface area contributed by atoms with Crippen molar-refractivity contribution in [2.75, 3.05) is 18.4 Å². The number of aliphatic imine (C=N–C) groups is 1. The van der Waals surface area contributed by atoms with E-state index >= 15 is 0 Å². The van der Waals surface area contributed by atoms with Gasteiger partial charge in [0.05, 0.1) is 4.90 Å². The molecule has 1 fully saturated rings. The van der Waals surface area contributed by atoms with Crippen molar-refractivity contribution in [1.29, 1.82) is 5.26 Å². The molecule has 4 rings (SSSR count). The molecule has 9 nitrogen and oxygen atoms in total. The second kappa shape index (κ2) is 10.0. The third-order valence-corrected chi connectivity index (χ3v) is 8.33. The van der Waals surface area contributed by atoms with E-state index in [9.17, 15) is 18.8 Å². The summed E-state index contributed by atoms with van der Waals surface area (Å²) in [4.78, 5) is 4.72. The first kappa shape index (κ1) is 25.3. The number of nitrogens with one attached hydrogen (secondary N) is 2. The van der Waals surface area contributed by atoms with Gasteiger partial charge < -0.3 is 15.2 Å². The summed E-state index contributed by atoms with van der Waals surface area (Å²) in [6, 6.07) is 10.6. The molecule has 0 amide bonds. The van der Waals surface area contributed by atoms with Crippen LogP contribution in [-0.2, 0) is 10.0 Å². The van der Waals surface area contributed by atoms with Gasteiger partial charge in [-0.05, 0) is 69.2 Å². The zero-order valence-electron chi connectivity index (χ0n) is 19.5. The fourth-order valence-corrected chi connectivity index (χ4v) is 5.94. The molecule has 0 aromatic heterocycles. The molecule has 3 N–H and O–H groups in total. The molecule has 0 aliphatic carbocycles. The Labute approximate surface area is 210 Å². The van der Waals surface area contributed by atoms with Gasteiger partial charge in [-0.25, -0.2) is 13.4 Å². The van der Waals surface area contributed by atoms with Crippen molar-refractivity contribution in [3.05, 3.63) is 53.1 Å². The van der Waals surface area contributed by atoms with Crippen molar-refractivity contribution in [1.82, 2.24) is 9.62 Å². The van der Waals surface area contributed by atoms with E-state index in [0.717, 1.165) is 19.3 Å². The number of ether oxygens (including phenoxy) is 1. The van der Waals surface area contributed by atoms with Crippen LogP contribution in [0.5, 0.6) is 5.75 Å². The summed E-state index contributed by atoms with van der Waals surface area (Å²) in [6.07, 6.45) is 3.39. The maximum absolute atomic E-state index is 13.3. The molecule has 0 saturated carbocycles. The van der Waals surface area contributed by atoms with E-state index in [0.29, 0.717) is 35.1 Å². The molecule has 1 saturated heterocycles. The molecule has 2 aliphatic heterocycles. The number of sulfonamides is 1. The smallest absolute Gasteiger partial charge is 0.243 e. The Kier molecular flexibility index (Phi) is 7.24. The van der Waals surface area contributed by atoms with Crippen LogP contribution >= 0.6 is 11.6 Å². The summed E-state index contributed by atoms with van der Waals surface area (Å²) in [5.74, 6) is 0.515. The first-order chi connectivity index (χ1) is 16.6. The predicted molar refractivity (Wildman–Crippen MR) is 134 cm³/mol. The lowest BCUT2D eigenvalue weighted by Crippen LogP contribution is -2.49. The molecule has 0 bridgehead atoms. The third kappa shape index (κ3) is 5.38. The maximum atomic E-state index is 13.3. The maximum Gasteiger partial charge on any atom is 0.243 e. The highest BCUT2D eigenvalue weighted by atomic mass is 35.5.